The van der Waals surface area contributed by atoms with Gasteiger partial charge in [0, 0.05) is 0 Å². The van der Waals surface area contributed by atoms with Gasteiger partial charge in [-0.25, -0.2) is 4.98 Å². The largest absolute Gasteiger partial charge is 0.307 e. The van der Waals surface area contributed by atoms with E-state index < -0.39 is 0 Å². The minimum atomic E-state index is -0.0237. The van der Waals surface area contributed by atoms with Gasteiger partial charge in [-0.15, -0.1) is 11.3 Å². The maximum absolute atomic E-state index is 10.6. The Kier molecular flexibility index (Phi) is 0.940. The van der Waals surface area contributed by atoms with E-state index in [2.05, 4.69) is 9.97 Å². The van der Waals surface area contributed by atoms with Crippen molar-refractivity contribution in [2.45, 2.75) is 0 Å². The van der Waals surface area contributed by atoms with Gasteiger partial charge in [-0.2, -0.15) is 0 Å². The number of aromatic nitrogens is 2. The topological polar surface area (TPSA) is 45.8 Å². The molecule has 0 aromatic carbocycles. The van der Waals surface area contributed by atoms with E-state index in [1.807, 2.05) is 0 Å². The first-order chi connectivity index (χ1) is 4.36. The van der Waals surface area contributed by atoms with Crippen molar-refractivity contribution in [3.05, 3.63) is 15.2 Å². The molecular formula is C4H2N2OS2. The highest BCUT2D eigenvalue weighted by Gasteiger charge is 1.98. The summed E-state index contributed by atoms with van der Waals surface area (Å²) in [5, 5.41) is 0. The second-order valence-electron chi connectivity index (χ2n) is 1.50. The van der Waals surface area contributed by atoms with Crippen molar-refractivity contribution in [2.75, 3.05) is 0 Å². The van der Waals surface area contributed by atoms with Crippen LogP contribution in [0.15, 0.2) is 10.3 Å². The molecule has 2 aromatic rings. The van der Waals surface area contributed by atoms with Crippen molar-refractivity contribution in [2.24, 2.45) is 0 Å². The normalized spacial score (nSPS) is 10.7. The molecular weight excluding hydrogens is 156 g/mol. The molecule has 3 nitrogen and oxygen atoms in total. The number of nitrogens with zero attached hydrogens (tertiary/aromatic N) is 1. The van der Waals surface area contributed by atoms with Crippen LogP contribution in [0.4, 0.5) is 0 Å². The zero-order valence-electron chi connectivity index (χ0n) is 4.25. The molecule has 1 N–H and O–H groups in total. The quantitative estimate of drug-likeness (QED) is 0.622. The third-order valence-corrected chi connectivity index (χ3v) is 2.60. The van der Waals surface area contributed by atoms with Crippen LogP contribution in [-0.4, -0.2) is 9.97 Å². The van der Waals surface area contributed by atoms with Gasteiger partial charge < -0.3 is 4.98 Å². The third-order valence-electron chi connectivity index (χ3n) is 0.940. The summed E-state index contributed by atoms with van der Waals surface area (Å²) >= 11 is 2.60. The van der Waals surface area contributed by atoms with E-state index in [9.17, 15) is 4.79 Å². The number of fused-ring (bicyclic) bond motifs is 1. The smallest absolute Gasteiger partial charge is 0.303 e. The summed E-state index contributed by atoms with van der Waals surface area (Å²) < 4.78 is 0. The molecule has 0 amide bonds. The molecule has 0 bridgehead atoms. The van der Waals surface area contributed by atoms with Gasteiger partial charge in [-0.1, -0.05) is 11.3 Å². The van der Waals surface area contributed by atoms with E-state index in [0.29, 0.717) is 0 Å². The van der Waals surface area contributed by atoms with E-state index in [1.165, 1.54) is 11.3 Å². The number of aromatic amines is 1. The molecule has 0 radical (unpaired) electrons. The van der Waals surface area contributed by atoms with Crippen molar-refractivity contribution in [3.63, 3.8) is 0 Å². The molecule has 0 aliphatic carbocycles. The zero-order chi connectivity index (χ0) is 6.27. The standard InChI is InChI=1S/C4H2N2OS2/c7-4-6-3-2(9-4)5-1-8-3/h1H,(H,6,7). The van der Waals surface area contributed by atoms with Crippen molar-refractivity contribution in [1.82, 2.24) is 9.97 Å². The van der Waals surface area contributed by atoms with E-state index >= 15 is 0 Å². The molecule has 0 atom stereocenters. The fourth-order valence-electron chi connectivity index (χ4n) is 0.598. The molecule has 0 unspecified atom stereocenters. The fraction of sp³-hybridized carbons (Fsp3) is 0. The minimum Gasteiger partial charge on any atom is -0.303 e. The van der Waals surface area contributed by atoms with Gasteiger partial charge >= 0.3 is 4.87 Å². The second-order valence-corrected chi connectivity index (χ2v) is 3.32. The van der Waals surface area contributed by atoms with Crippen LogP contribution in [0.1, 0.15) is 0 Å². The molecule has 0 spiro atoms. The van der Waals surface area contributed by atoms with Gasteiger partial charge in [0.2, 0.25) is 0 Å². The molecule has 2 rings (SSSR count). The molecule has 0 aliphatic rings. The monoisotopic (exact) mass is 158 g/mol. The first kappa shape index (κ1) is 5.13. The Labute approximate surface area is 58.0 Å². The molecule has 9 heavy (non-hydrogen) atoms. The van der Waals surface area contributed by atoms with Crippen LogP contribution in [0, 0.1) is 0 Å². The van der Waals surface area contributed by atoms with Crippen LogP contribution in [0.2, 0.25) is 0 Å². The lowest BCUT2D eigenvalue weighted by Gasteiger charge is -1.62. The van der Waals surface area contributed by atoms with Crippen molar-refractivity contribution in [3.8, 4) is 0 Å². The second kappa shape index (κ2) is 1.65. The summed E-state index contributed by atoms with van der Waals surface area (Å²) in [6.07, 6.45) is 0. The highest BCUT2D eigenvalue weighted by molar-refractivity contribution is 7.24. The molecule has 0 aliphatic heterocycles. The summed E-state index contributed by atoms with van der Waals surface area (Å²) in [4.78, 5) is 18.8. The summed E-state index contributed by atoms with van der Waals surface area (Å²) in [5.41, 5.74) is 1.72. The van der Waals surface area contributed by atoms with Crippen LogP contribution < -0.4 is 4.87 Å². The van der Waals surface area contributed by atoms with Crippen LogP contribution in [0.5, 0.6) is 0 Å². The summed E-state index contributed by atoms with van der Waals surface area (Å²) in [5.74, 6) is 0. The van der Waals surface area contributed by atoms with Gasteiger partial charge in [0.05, 0.1) is 5.51 Å². The number of rotatable bonds is 0. The molecule has 46 valence electrons. The number of thiazole rings is 2. The van der Waals surface area contributed by atoms with Gasteiger partial charge in [0.25, 0.3) is 0 Å². The van der Waals surface area contributed by atoms with Gasteiger partial charge in [0.15, 0.2) is 4.83 Å². The summed E-state index contributed by atoms with van der Waals surface area (Å²) in [7, 11) is 0. The number of nitrogens with one attached hydrogen (secondary N) is 1. The van der Waals surface area contributed by atoms with Crippen LogP contribution in [0.3, 0.4) is 0 Å². The molecule has 2 heterocycles. The number of hydrogen-bond donors (Lipinski definition) is 1. The predicted molar refractivity (Wildman–Crippen MR) is 38.1 cm³/mol. The fourth-order valence-corrected chi connectivity index (χ4v) is 2.14. The van der Waals surface area contributed by atoms with E-state index in [1.54, 1.807) is 5.51 Å². The Morgan fingerprint density at radius 1 is 1.67 bits per heavy atom. The van der Waals surface area contributed by atoms with Crippen LogP contribution in [-0.2, 0) is 0 Å². The molecule has 2 aromatic heterocycles. The van der Waals surface area contributed by atoms with E-state index in [0.717, 1.165) is 21.0 Å². The maximum atomic E-state index is 10.6. The Morgan fingerprint density at radius 3 is 3.33 bits per heavy atom. The number of hydrogen-bond acceptors (Lipinski definition) is 4. The van der Waals surface area contributed by atoms with Crippen molar-refractivity contribution >= 4 is 32.3 Å². The third kappa shape index (κ3) is 0.691. The van der Waals surface area contributed by atoms with Gasteiger partial charge in [-0.3, -0.25) is 4.79 Å². The Bertz CT molecular complexity index is 339. The highest BCUT2D eigenvalue weighted by atomic mass is 32.1. The summed E-state index contributed by atoms with van der Waals surface area (Å²) in [6, 6.07) is 0. The van der Waals surface area contributed by atoms with Crippen molar-refractivity contribution < 1.29 is 0 Å². The zero-order valence-corrected chi connectivity index (χ0v) is 5.88. The molecule has 5 heteroatoms. The lowest BCUT2D eigenvalue weighted by molar-refractivity contribution is 1.43. The SMILES string of the molecule is O=c1[nH]c2scnc2s1. The number of H-pyrrole nitrogens is 1. The minimum absolute atomic E-state index is 0.0237. The lowest BCUT2D eigenvalue weighted by Crippen LogP contribution is -1.88. The summed E-state index contributed by atoms with van der Waals surface area (Å²) in [6.45, 7) is 0. The van der Waals surface area contributed by atoms with E-state index in [-0.39, 0.29) is 4.87 Å². The average Bonchev–Trinajstić information content (AvgIpc) is 2.22. The predicted octanol–water partition coefficient (Wildman–Crippen LogP) is 1.05. The Hall–Kier alpha value is -0.680. The van der Waals surface area contributed by atoms with Crippen molar-refractivity contribution in [1.29, 1.82) is 0 Å². The van der Waals surface area contributed by atoms with Gasteiger partial charge in [0.1, 0.15) is 4.83 Å². The lowest BCUT2D eigenvalue weighted by atomic mass is 10.9. The van der Waals surface area contributed by atoms with Crippen LogP contribution in [0.25, 0.3) is 9.66 Å². The Morgan fingerprint density at radius 2 is 2.56 bits per heavy atom. The Balaban J connectivity index is 3.08. The average molecular weight is 158 g/mol. The first-order valence-electron chi connectivity index (χ1n) is 2.28. The van der Waals surface area contributed by atoms with E-state index in [4.69, 9.17) is 0 Å². The van der Waals surface area contributed by atoms with Gasteiger partial charge in [-0.05, 0) is 0 Å². The molecule has 0 saturated heterocycles. The molecule has 0 saturated carbocycles. The molecule has 0 fully saturated rings. The first-order valence-corrected chi connectivity index (χ1v) is 3.98. The van der Waals surface area contributed by atoms with Crippen LogP contribution >= 0.6 is 22.7 Å². The maximum Gasteiger partial charge on any atom is 0.307 e. The highest BCUT2D eigenvalue weighted by Crippen LogP contribution is 2.15.